The number of aryl methyl sites for hydroxylation is 3. The number of aliphatic imine (C=N–C) groups is 1. The number of hydrogen-bond acceptors (Lipinski definition) is 5. The topological polar surface area (TPSA) is 84.6 Å². The highest BCUT2D eigenvalue weighted by atomic mass is 32.2. The fourth-order valence-electron chi connectivity index (χ4n) is 5.22. The first-order valence-electron chi connectivity index (χ1n) is 14.2. The number of halogens is 3. The van der Waals surface area contributed by atoms with Gasteiger partial charge in [0.1, 0.15) is 12.1 Å². The molecule has 0 radical (unpaired) electrons. The molecule has 44 heavy (non-hydrogen) atoms. The van der Waals surface area contributed by atoms with Gasteiger partial charge in [0.05, 0.1) is 5.69 Å². The highest BCUT2D eigenvalue weighted by Gasteiger charge is 2.31. The highest BCUT2D eigenvalue weighted by molar-refractivity contribution is 8.14. The number of carbonyl (C=O) groups excluding carboxylic acids is 1. The van der Waals surface area contributed by atoms with Crippen molar-refractivity contribution in [2.75, 3.05) is 23.7 Å². The summed E-state index contributed by atoms with van der Waals surface area (Å²) in [7, 11) is 0. The molecule has 1 aromatic heterocycles. The first-order valence-corrected chi connectivity index (χ1v) is 15.2. The number of rotatable bonds is 7. The third-order valence-corrected chi connectivity index (χ3v) is 8.28. The number of carbonyl (C=O) groups is 1. The number of amidine groups is 1. The second kappa shape index (κ2) is 13.1. The number of benzene rings is 3. The van der Waals surface area contributed by atoms with Gasteiger partial charge in [0.15, 0.2) is 11.0 Å². The third-order valence-electron chi connectivity index (χ3n) is 7.21. The lowest BCUT2D eigenvalue weighted by atomic mass is 10.00. The molecule has 0 saturated carbocycles. The maximum absolute atomic E-state index is 12.9. The number of urea groups is 1. The maximum Gasteiger partial charge on any atom is 0.573 e. The molecule has 5 rings (SSSR count). The van der Waals surface area contributed by atoms with Crippen LogP contribution in [0.5, 0.6) is 5.75 Å². The minimum atomic E-state index is -4.75. The van der Waals surface area contributed by atoms with E-state index in [0.29, 0.717) is 18.1 Å². The molecule has 230 valence electrons. The zero-order chi connectivity index (χ0) is 31.4. The van der Waals surface area contributed by atoms with Gasteiger partial charge in [-0.3, -0.25) is 0 Å². The molecule has 1 saturated heterocycles. The summed E-state index contributed by atoms with van der Waals surface area (Å²) in [6.07, 6.45) is -2.23. The molecule has 1 unspecified atom stereocenters. The number of anilines is 1. The Labute approximate surface area is 258 Å². The molecule has 2 amide bonds. The summed E-state index contributed by atoms with van der Waals surface area (Å²) in [5.41, 5.74) is 7.03. The molecule has 0 aliphatic carbocycles. The Morgan fingerprint density at radius 3 is 2.41 bits per heavy atom. The van der Waals surface area contributed by atoms with Gasteiger partial charge in [-0.25, -0.2) is 14.5 Å². The van der Waals surface area contributed by atoms with E-state index in [1.54, 1.807) is 11.8 Å². The lowest BCUT2D eigenvalue weighted by Gasteiger charge is -2.32. The maximum atomic E-state index is 12.9. The number of thioether (sulfide) groups is 1. The van der Waals surface area contributed by atoms with Gasteiger partial charge < -0.3 is 15.0 Å². The Bertz CT molecular complexity index is 1630. The van der Waals surface area contributed by atoms with E-state index in [9.17, 15) is 18.0 Å². The molecular formula is C32H33F3N6O2S. The van der Waals surface area contributed by atoms with Crippen molar-refractivity contribution in [2.45, 2.75) is 46.4 Å². The number of hydrogen-bond donors (Lipinski definition) is 1. The van der Waals surface area contributed by atoms with Crippen molar-refractivity contribution in [1.82, 2.24) is 20.1 Å². The van der Waals surface area contributed by atoms with E-state index in [1.807, 2.05) is 31.2 Å². The molecule has 2 heterocycles. The van der Waals surface area contributed by atoms with Crippen LogP contribution in [0.4, 0.5) is 23.7 Å². The average molecular weight is 623 g/mol. The summed E-state index contributed by atoms with van der Waals surface area (Å²) in [6, 6.07) is 17.1. The monoisotopic (exact) mass is 622 g/mol. The summed E-state index contributed by atoms with van der Waals surface area (Å²) < 4.78 is 42.7. The van der Waals surface area contributed by atoms with Crippen molar-refractivity contribution in [1.29, 1.82) is 0 Å². The van der Waals surface area contributed by atoms with E-state index in [4.69, 9.17) is 0 Å². The number of ether oxygens (including phenoxy) is 1. The van der Waals surface area contributed by atoms with Crippen molar-refractivity contribution in [3.05, 3.63) is 89.2 Å². The van der Waals surface area contributed by atoms with Gasteiger partial charge in [-0.2, -0.15) is 4.99 Å². The Morgan fingerprint density at radius 1 is 1.07 bits per heavy atom. The zero-order valence-electron chi connectivity index (χ0n) is 24.9. The number of nitrogens with zero attached hydrogens (tertiary/aromatic N) is 5. The van der Waals surface area contributed by atoms with Crippen LogP contribution in [-0.4, -0.2) is 51.2 Å². The first-order chi connectivity index (χ1) is 21.0. The molecule has 1 atom stereocenters. The molecule has 4 aromatic rings. The van der Waals surface area contributed by atoms with Gasteiger partial charge in [0.25, 0.3) is 0 Å². The average Bonchev–Trinajstić information content (AvgIpc) is 3.46. The number of amides is 2. The molecule has 1 fully saturated rings. The van der Waals surface area contributed by atoms with E-state index in [0.717, 1.165) is 40.7 Å². The number of nitrogens with one attached hydrogen (secondary N) is 1. The normalized spacial score (nSPS) is 15.3. The van der Waals surface area contributed by atoms with Crippen LogP contribution < -0.4 is 15.0 Å². The van der Waals surface area contributed by atoms with E-state index in [1.165, 1.54) is 52.0 Å². The van der Waals surface area contributed by atoms with Crippen molar-refractivity contribution >= 4 is 28.6 Å². The lowest BCUT2D eigenvalue weighted by Crippen LogP contribution is -2.37. The second-order valence-corrected chi connectivity index (χ2v) is 11.8. The van der Waals surface area contributed by atoms with Crippen LogP contribution in [0.1, 0.15) is 41.5 Å². The van der Waals surface area contributed by atoms with Crippen molar-refractivity contribution in [3.8, 4) is 22.8 Å². The Morgan fingerprint density at radius 2 is 1.75 bits per heavy atom. The molecule has 0 bridgehead atoms. The fourth-order valence-corrected chi connectivity index (χ4v) is 6.17. The van der Waals surface area contributed by atoms with E-state index in [2.05, 4.69) is 62.9 Å². The predicted molar refractivity (Wildman–Crippen MR) is 168 cm³/mol. The zero-order valence-corrected chi connectivity index (χ0v) is 25.7. The molecule has 1 aliphatic rings. The predicted octanol–water partition coefficient (Wildman–Crippen LogP) is 7.57. The highest BCUT2D eigenvalue weighted by Crippen LogP contribution is 2.32. The molecular weight excluding hydrogens is 589 g/mol. The quantitative estimate of drug-likeness (QED) is 0.229. The fraction of sp³-hybridized carbons (Fsp3) is 0.312. The van der Waals surface area contributed by atoms with Gasteiger partial charge in [-0.05, 0) is 74.1 Å². The largest absolute Gasteiger partial charge is 0.573 e. The van der Waals surface area contributed by atoms with Gasteiger partial charge in [0, 0.05) is 30.1 Å². The van der Waals surface area contributed by atoms with E-state index >= 15 is 0 Å². The molecule has 0 spiro atoms. The van der Waals surface area contributed by atoms with Gasteiger partial charge in [-0.1, -0.05) is 60.6 Å². The Hall–Kier alpha value is -4.32. The second-order valence-electron chi connectivity index (χ2n) is 10.8. The van der Waals surface area contributed by atoms with Crippen LogP contribution in [0, 0.1) is 20.8 Å². The van der Waals surface area contributed by atoms with Crippen LogP contribution in [0.15, 0.2) is 72.0 Å². The minimum absolute atomic E-state index is 0.0350. The van der Waals surface area contributed by atoms with Crippen LogP contribution in [0.2, 0.25) is 0 Å². The molecule has 3 aromatic carbocycles. The smallest absolute Gasteiger partial charge is 0.406 e. The third kappa shape index (κ3) is 7.60. The van der Waals surface area contributed by atoms with Crippen LogP contribution >= 0.6 is 11.8 Å². The summed E-state index contributed by atoms with van der Waals surface area (Å²) >= 11 is 1.60. The number of aromatic nitrogens is 3. The minimum Gasteiger partial charge on any atom is -0.406 e. The van der Waals surface area contributed by atoms with Gasteiger partial charge >= 0.3 is 12.4 Å². The van der Waals surface area contributed by atoms with E-state index < -0.39 is 6.36 Å². The van der Waals surface area contributed by atoms with E-state index in [-0.39, 0.29) is 17.7 Å². The van der Waals surface area contributed by atoms with Crippen molar-refractivity contribution in [3.63, 3.8) is 0 Å². The Balaban J connectivity index is 1.19. The standard InChI is InChI=1S/C32H33F3N6O2S/c1-20-16-21(2)28(22(3)17-20)40-14-5-15-44-31(40)38-30(42)36-18-23(4)24-6-8-25(9-7-24)29-37-19-41(39-29)26-10-12-27(13-11-26)43-32(33,34)35/h6-13,16-17,19,23H,5,14-15,18H2,1-4H3,(H,36,42)/b38-31-. The first kappa shape index (κ1) is 31.1. The van der Waals surface area contributed by atoms with Crippen LogP contribution in [-0.2, 0) is 0 Å². The van der Waals surface area contributed by atoms with Crippen LogP contribution in [0.3, 0.4) is 0 Å². The van der Waals surface area contributed by atoms with Gasteiger partial charge in [-0.15, -0.1) is 18.3 Å². The summed E-state index contributed by atoms with van der Waals surface area (Å²) in [5.74, 6) is 1.12. The summed E-state index contributed by atoms with van der Waals surface area (Å²) in [6.45, 7) is 9.55. The molecule has 12 heteroatoms. The van der Waals surface area contributed by atoms with Crippen molar-refractivity contribution in [2.24, 2.45) is 4.99 Å². The van der Waals surface area contributed by atoms with Crippen molar-refractivity contribution < 1.29 is 22.7 Å². The van der Waals surface area contributed by atoms with Crippen LogP contribution in [0.25, 0.3) is 17.1 Å². The van der Waals surface area contributed by atoms with Gasteiger partial charge in [0.2, 0.25) is 0 Å². The summed E-state index contributed by atoms with van der Waals surface area (Å²) in [5, 5.41) is 8.13. The Kier molecular flexibility index (Phi) is 9.28. The summed E-state index contributed by atoms with van der Waals surface area (Å²) in [4.78, 5) is 23.8. The molecule has 1 N–H and O–H groups in total. The number of alkyl halides is 3. The lowest BCUT2D eigenvalue weighted by molar-refractivity contribution is -0.274. The SMILES string of the molecule is Cc1cc(C)c(N2CCCS/C2=N\C(=O)NCC(C)c2ccc(-c3ncn(-c4ccc(OC(F)(F)F)cc4)n3)cc2)c(C)c1. The molecule has 1 aliphatic heterocycles. The molecule has 8 nitrogen and oxygen atoms in total.